The third-order valence-corrected chi connectivity index (χ3v) is 16.5. The summed E-state index contributed by atoms with van der Waals surface area (Å²) < 4.78 is 24.4. The van der Waals surface area contributed by atoms with E-state index in [1.54, 1.807) is 0 Å². The van der Waals surface area contributed by atoms with Crippen molar-refractivity contribution in [1.82, 2.24) is 20.5 Å². The summed E-state index contributed by atoms with van der Waals surface area (Å²) in [4.78, 5) is 30.7. The Kier molecular flexibility index (Phi) is 14.9. The van der Waals surface area contributed by atoms with Crippen LogP contribution in [0.5, 0.6) is 23.0 Å². The minimum atomic E-state index is 0.0294. The Bertz CT molecular complexity index is 2780. The highest BCUT2D eigenvalue weighted by Gasteiger charge is 2.42. The van der Waals surface area contributed by atoms with Crippen LogP contribution in [-0.4, -0.2) is 83.9 Å². The van der Waals surface area contributed by atoms with Crippen LogP contribution in [0.2, 0.25) is 0 Å². The number of aromatic nitrogens is 1. The predicted octanol–water partition coefficient (Wildman–Crippen LogP) is 10.9. The van der Waals surface area contributed by atoms with Gasteiger partial charge in [0.05, 0.1) is 5.52 Å². The maximum atomic E-state index is 11.8. The number of carbonyl (C=O) groups excluding carboxylic acids is 2. The summed E-state index contributed by atoms with van der Waals surface area (Å²) in [7, 11) is 0. The first kappa shape index (κ1) is 49.1. The largest absolute Gasteiger partial charge is 0.486 e. The predicted molar refractivity (Wildman–Crippen MR) is 290 cm³/mol. The molecule has 384 valence electrons. The highest BCUT2D eigenvalue weighted by atomic mass is 16.6. The molecule has 2 amide bonds. The van der Waals surface area contributed by atoms with Crippen molar-refractivity contribution < 1.29 is 28.5 Å². The first-order valence-corrected chi connectivity index (χ1v) is 27.5. The number of allylic oxidation sites excluding steroid dienone is 5. The van der Waals surface area contributed by atoms with Crippen molar-refractivity contribution in [3.8, 4) is 23.0 Å². The number of anilines is 2. The molecule has 9 aliphatic heterocycles. The third kappa shape index (κ3) is 11.7. The number of hydrogen-bond donors (Lipinski definition) is 4. The molecule has 5 unspecified atom stereocenters. The zero-order valence-electron chi connectivity index (χ0n) is 43.0. The first-order valence-electron chi connectivity index (χ1n) is 27.5. The lowest BCUT2D eigenvalue weighted by Gasteiger charge is -2.41. The summed E-state index contributed by atoms with van der Waals surface area (Å²) >= 11 is 0. The molecule has 12 nitrogen and oxygen atoms in total. The van der Waals surface area contributed by atoms with Crippen LogP contribution in [0.4, 0.5) is 11.4 Å². The molecule has 4 N–H and O–H groups in total. The van der Waals surface area contributed by atoms with Crippen LogP contribution in [0, 0.1) is 18.8 Å². The minimum Gasteiger partial charge on any atom is -0.486 e. The van der Waals surface area contributed by atoms with Gasteiger partial charge in [-0.1, -0.05) is 49.4 Å². The van der Waals surface area contributed by atoms with E-state index in [0.29, 0.717) is 50.1 Å². The maximum absolute atomic E-state index is 11.8. The van der Waals surface area contributed by atoms with Gasteiger partial charge in [0.1, 0.15) is 25.4 Å². The van der Waals surface area contributed by atoms with E-state index in [9.17, 15) is 9.59 Å². The third-order valence-electron chi connectivity index (χ3n) is 16.5. The second-order valence-corrected chi connectivity index (χ2v) is 22.0. The Labute approximate surface area is 431 Å². The van der Waals surface area contributed by atoms with Gasteiger partial charge in [-0.15, -0.1) is 0 Å². The number of fused-ring (bicyclic) bond motifs is 11. The molecule has 0 saturated carbocycles. The Morgan fingerprint density at radius 2 is 1.52 bits per heavy atom. The molecule has 4 fully saturated rings. The summed E-state index contributed by atoms with van der Waals surface area (Å²) in [6, 6.07) is 22.0. The Hall–Kier alpha value is -6.11. The van der Waals surface area contributed by atoms with Crippen LogP contribution >= 0.6 is 0 Å². The van der Waals surface area contributed by atoms with Crippen molar-refractivity contribution in [3.05, 3.63) is 119 Å². The number of rotatable bonds is 7. The summed E-state index contributed by atoms with van der Waals surface area (Å²) in [6.45, 7) is 8.41. The van der Waals surface area contributed by atoms with Gasteiger partial charge in [0.2, 0.25) is 11.8 Å². The van der Waals surface area contributed by atoms with Gasteiger partial charge in [0, 0.05) is 83.8 Å². The van der Waals surface area contributed by atoms with Gasteiger partial charge in [0.25, 0.3) is 0 Å². The summed E-state index contributed by atoms with van der Waals surface area (Å²) in [5.41, 5.74) is 9.22. The molecule has 7 atom stereocenters. The van der Waals surface area contributed by atoms with Gasteiger partial charge in [-0.05, 0) is 174 Å². The Morgan fingerprint density at radius 1 is 0.753 bits per heavy atom. The van der Waals surface area contributed by atoms with E-state index in [4.69, 9.17) is 18.9 Å². The lowest BCUT2D eigenvalue weighted by atomic mass is 9.85. The normalized spacial score (nSPS) is 28.9. The number of ether oxygens (including phenoxy) is 4. The van der Waals surface area contributed by atoms with Crippen LogP contribution in [0.1, 0.15) is 120 Å². The topological polar surface area (TPSA) is 135 Å². The fourth-order valence-corrected chi connectivity index (χ4v) is 12.8. The van der Waals surface area contributed by atoms with Crippen LogP contribution in [0.15, 0.2) is 96.8 Å². The fourth-order valence-electron chi connectivity index (χ4n) is 12.8. The molecule has 4 aromatic rings. The molecule has 0 aliphatic carbocycles. The van der Waals surface area contributed by atoms with Gasteiger partial charge in [0.15, 0.2) is 23.0 Å². The van der Waals surface area contributed by atoms with Crippen LogP contribution in [-0.2, 0) is 22.4 Å². The molecular weight excluding hydrogens is 913 g/mol. The highest BCUT2D eigenvalue weighted by molar-refractivity contribution is 5.94. The van der Waals surface area contributed by atoms with Gasteiger partial charge in [-0.2, -0.15) is 0 Å². The molecule has 4 saturated heterocycles. The minimum absolute atomic E-state index is 0.0294. The van der Waals surface area contributed by atoms with Crippen molar-refractivity contribution in [3.63, 3.8) is 0 Å². The van der Waals surface area contributed by atoms with Crippen molar-refractivity contribution >= 4 is 40.2 Å². The molecular formula is C61H74N6O6. The number of aryl methyl sites for hydroxylation is 2. The van der Waals surface area contributed by atoms with Crippen molar-refractivity contribution in [2.75, 3.05) is 30.4 Å². The lowest BCUT2D eigenvalue weighted by Crippen LogP contribution is -2.49. The standard InChI is InChI=1S/C30H35N3O3.C17H22N2O.C14H17NO2/c1-20-7-10-26-27(32-20)11-12-28-30(26)36-25(19-35-28)18-33-23-8-9-24(33)17-22(16-23)15-21-5-3-2-4-6-29(34)31-14-13-21;20-17-6-3-13-2-1-11(10-16(13)19-17)7-12-8-14-4-5-15(9-12)18-14;1-3-10-8-16-13-7-6-12-11(14(13)17-10)5-4-9(2)15-12/h2-3,5,7,10-14,22-25H,4,6,8-9,15-19H2,1H3,(H,31,34);1-2,10,12,14-15,18H,3-9H2,(H,19,20);4-7,9-10,15H,3,8H2,1-2H3/b3-2+,14-13?,21-5?;;/t22?,23?,24?,25-;;9?,10-/m0.0/s1. The van der Waals surface area contributed by atoms with Crippen LogP contribution in [0.3, 0.4) is 0 Å². The molecule has 12 heteroatoms. The van der Waals surface area contributed by atoms with Gasteiger partial charge in [-0.25, -0.2) is 0 Å². The number of hydrogen-bond acceptors (Lipinski definition) is 10. The van der Waals surface area contributed by atoms with Gasteiger partial charge >= 0.3 is 0 Å². The molecule has 0 radical (unpaired) electrons. The summed E-state index contributed by atoms with van der Waals surface area (Å²) in [5.74, 6) is 5.13. The van der Waals surface area contributed by atoms with E-state index in [-0.39, 0.29) is 24.0 Å². The smallest absolute Gasteiger partial charge is 0.224 e. The second kappa shape index (κ2) is 22.2. The number of nitrogens with one attached hydrogen (secondary N) is 4. The van der Waals surface area contributed by atoms with E-state index in [0.717, 1.165) is 113 Å². The number of benzene rings is 3. The Balaban J connectivity index is 0.000000130. The van der Waals surface area contributed by atoms with Gasteiger partial charge < -0.3 is 40.2 Å². The molecule has 4 bridgehead atoms. The monoisotopic (exact) mass is 987 g/mol. The molecule has 0 spiro atoms. The maximum Gasteiger partial charge on any atom is 0.224 e. The highest BCUT2D eigenvalue weighted by Crippen LogP contribution is 2.45. The molecule has 1 aromatic heterocycles. The van der Waals surface area contributed by atoms with Crippen molar-refractivity contribution in [2.24, 2.45) is 11.8 Å². The van der Waals surface area contributed by atoms with Crippen LogP contribution < -0.4 is 40.2 Å². The van der Waals surface area contributed by atoms with Crippen LogP contribution in [0.25, 0.3) is 17.0 Å². The molecule has 3 aromatic carbocycles. The van der Waals surface area contributed by atoms with E-state index in [2.05, 4.69) is 112 Å². The second-order valence-electron chi connectivity index (χ2n) is 22.0. The zero-order chi connectivity index (χ0) is 49.8. The Morgan fingerprint density at radius 3 is 2.34 bits per heavy atom. The fraction of sp³-hybridized carbons (Fsp3) is 0.492. The number of carbonyl (C=O) groups is 2. The van der Waals surface area contributed by atoms with E-state index in [1.807, 2.05) is 37.4 Å². The SMILES string of the molecule is CC[C@H]1COc2ccc3c(c2O1)C=CC(C)N3.Cc1ccc2c3c(ccc2n1)OC[C@H](CN1C2CCC1CC(CC1=C/C=C/CCC(=O)NC=C1)C2)O3.O=C1CCc2ccc(CC3CC4CCC(C3)N4)cc2N1. The molecule has 73 heavy (non-hydrogen) atoms. The molecule has 10 heterocycles. The van der Waals surface area contributed by atoms with Gasteiger partial charge in [-0.3, -0.25) is 19.5 Å². The summed E-state index contributed by atoms with van der Waals surface area (Å²) in [6.07, 6.45) is 31.1. The number of nitrogens with zero attached hydrogens (tertiary/aromatic N) is 2. The quantitative estimate of drug-likeness (QED) is 0.142. The molecule has 9 aliphatic rings. The van der Waals surface area contributed by atoms with E-state index >= 15 is 0 Å². The average Bonchev–Trinajstić information content (AvgIpc) is 3.85. The molecule has 13 rings (SSSR count). The first-order chi connectivity index (χ1) is 35.7. The van der Waals surface area contributed by atoms with Crippen molar-refractivity contribution in [1.29, 1.82) is 0 Å². The lowest BCUT2D eigenvalue weighted by molar-refractivity contribution is -0.120. The number of piperidine rings is 2. The number of pyridine rings is 1. The van der Waals surface area contributed by atoms with Crippen molar-refractivity contribution in [2.45, 2.75) is 160 Å². The average molecular weight is 987 g/mol. The van der Waals surface area contributed by atoms with E-state index in [1.165, 1.54) is 68.1 Å². The number of amides is 2. The zero-order valence-corrected chi connectivity index (χ0v) is 43.0. The summed E-state index contributed by atoms with van der Waals surface area (Å²) in [5, 5.41) is 14.1. The van der Waals surface area contributed by atoms with E-state index < -0.39 is 0 Å².